The summed E-state index contributed by atoms with van der Waals surface area (Å²) in [5.41, 5.74) is 3.50. The molecule has 0 atom stereocenters. The number of aliphatic carboxylic acids is 1. The molecule has 6 heteroatoms. The zero-order valence-corrected chi connectivity index (χ0v) is 16.2. The number of carbonyl (C=O) groups is 1. The minimum absolute atomic E-state index is 0.0488. The molecule has 0 aliphatic carbocycles. The number of benzene rings is 2. The fourth-order valence-electron chi connectivity index (χ4n) is 2.82. The van der Waals surface area contributed by atoms with Crippen LogP contribution in [-0.2, 0) is 22.7 Å². The Morgan fingerprint density at radius 2 is 1.92 bits per heavy atom. The van der Waals surface area contributed by atoms with Gasteiger partial charge in [-0.05, 0) is 31.0 Å². The van der Waals surface area contributed by atoms with Crippen molar-refractivity contribution >= 4 is 33.4 Å². The largest absolute Gasteiger partial charge is 0.486 e. The van der Waals surface area contributed by atoms with E-state index in [1.807, 2.05) is 62.4 Å². The van der Waals surface area contributed by atoms with Crippen molar-refractivity contribution in [3.05, 3.63) is 75.4 Å². The van der Waals surface area contributed by atoms with Gasteiger partial charge in [0.2, 0.25) is 0 Å². The number of fused-ring (bicyclic) bond motifs is 1. The van der Waals surface area contributed by atoms with Crippen molar-refractivity contribution in [2.45, 2.75) is 27.0 Å². The quantitative estimate of drug-likeness (QED) is 0.724. The van der Waals surface area contributed by atoms with Crippen LogP contribution in [0.1, 0.15) is 30.5 Å². The van der Waals surface area contributed by atoms with Gasteiger partial charge in [0.1, 0.15) is 6.61 Å². The number of hydrogen-bond acceptors (Lipinski definition) is 4. The van der Waals surface area contributed by atoms with Crippen molar-refractivity contribution in [3.8, 4) is 0 Å². The molecule has 0 saturated carbocycles. The van der Waals surface area contributed by atoms with Crippen LogP contribution in [0.2, 0.25) is 0 Å². The van der Waals surface area contributed by atoms with Crippen molar-refractivity contribution in [2.75, 3.05) is 0 Å². The summed E-state index contributed by atoms with van der Waals surface area (Å²) in [5.74, 6) is -0.738. The number of ether oxygens (including phenoxy) is 1. The van der Waals surface area contributed by atoms with Gasteiger partial charge in [0.25, 0.3) is 0 Å². The summed E-state index contributed by atoms with van der Waals surface area (Å²) >= 11 is 3.56. The molecule has 0 saturated heterocycles. The number of hydrazone groups is 1. The third-order valence-electron chi connectivity index (χ3n) is 3.89. The maximum atomic E-state index is 12.0. The zero-order chi connectivity index (χ0) is 18.7. The highest BCUT2D eigenvalue weighted by Gasteiger charge is 2.32. The van der Waals surface area contributed by atoms with Crippen LogP contribution in [0, 0.1) is 0 Å². The Bertz CT molecular complexity index is 887. The molecule has 0 unspecified atom stereocenters. The van der Waals surface area contributed by atoms with Crippen molar-refractivity contribution < 1.29 is 14.6 Å². The van der Waals surface area contributed by atoms with E-state index >= 15 is 0 Å². The highest BCUT2D eigenvalue weighted by atomic mass is 79.9. The maximum Gasteiger partial charge on any atom is 0.358 e. The van der Waals surface area contributed by atoms with Gasteiger partial charge in [0.05, 0.1) is 6.54 Å². The average Bonchev–Trinajstić information content (AvgIpc) is 2.60. The van der Waals surface area contributed by atoms with E-state index in [2.05, 4.69) is 21.0 Å². The van der Waals surface area contributed by atoms with Crippen molar-refractivity contribution in [1.82, 2.24) is 5.01 Å². The fourth-order valence-corrected chi connectivity index (χ4v) is 3.31. The van der Waals surface area contributed by atoms with Crippen LogP contribution in [0.25, 0.3) is 5.76 Å². The molecule has 1 heterocycles. The molecule has 0 spiro atoms. The number of carboxylic acid groups (broad SMARTS) is 1. The highest BCUT2D eigenvalue weighted by Crippen LogP contribution is 2.37. The second-order valence-electron chi connectivity index (χ2n) is 6.13. The van der Waals surface area contributed by atoms with Crippen molar-refractivity contribution in [1.29, 1.82) is 0 Å². The molecule has 2 aromatic rings. The Morgan fingerprint density at radius 1 is 1.19 bits per heavy atom. The molecule has 1 N–H and O–H groups in total. The Hall–Kier alpha value is -2.60. The molecule has 3 rings (SSSR count). The predicted molar refractivity (Wildman–Crippen MR) is 104 cm³/mol. The van der Waals surface area contributed by atoms with E-state index in [0.717, 1.165) is 26.9 Å². The second kappa shape index (κ2) is 7.74. The molecular formula is C20H19BrN2O3. The fraction of sp³-hybridized carbons (Fsp3) is 0.200. The summed E-state index contributed by atoms with van der Waals surface area (Å²) < 4.78 is 6.90. The first-order chi connectivity index (χ1) is 12.5. The van der Waals surface area contributed by atoms with E-state index in [4.69, 9.17) is 4.74 Å². The monoisotopic (exact) mass is 414 g/mol. The van der Waals surface area contributed by atoms with E-state index in [1.165, 1.54) is 5.01 Å². The van der Waals surface area contributed by atoms with Crippen LogP contribution < -0.4 is 0 Å². The predicted octanol–water partition coefficient (Wildman–Crippen LogP) is 4.63. The number of rotatable bonds is 5. The van der Waals surface area contributed by atoms with Crippen molar-refractivity contribution in [2.24, 2.45) is 5.10 Å². The van der Waals surface area contributed by atoms with Gasteiger partial charge in [-0.1, -0.05) is 58.4 Å². The molecule has 0 amide bonds. The minimum Gasteiger partial charge on any atom is -0.486 e. The Labute approximate surface area is 160 Å². The van der Waals surface area contributed by atoms with Crippen LogP contribution in [0.5, 0.6) is 0 Å². The van der Waals surface area contributed by atoms with Crippen LogP contribution in [0.3, 0.4) is 0 Å². The average molecular weight is 415 g/mol. The van der Waals surface area contributed by atoms with Crippen LogP contribution >= 0.6 is 15.9 Å². The number of halogens is 1. The molecule has 0 radical (unpaired) electrons. The highest BCUT2D eigenvalue weighted by molar-refractivity contribution is 9.10. The Balaban J connectivity index is 2.10. The van der Waals surface area contributed by atoms with E-state index in [9.17, 15) is 9.90 Å². The smallest absolute Gasteiger partial charge is 0.358 e. The molecule has 26 heavy (non-hydrogen) atoms. The van der Waals surface area contributed by atoms with E-state index in [-0.39, 0.29) is 12.3 Å². The molecule has 1 aliphatic rings. The van der Waals surface area contributed by atoms with Gasteiger partial charge in [-0.2, -0.15) is 5.10 Å². The topological polar surface area (TPSA) is 62.1 Å². The zero-order valence-electron chi connectivity index (χ0n) is 14.6. The van der Waals surface area contributed by atoms with Crippen LogP contribution in [0.4, 0.5) is 0 Å². The van der Waals surface area contributed by atoms with Gasteiger partial charge in [-0.3, -0.25) is 5.01 Å². The van der Waals surface area contributed by atoms with Gasteiger partial charge in [0, 0.05) is 15.7 Å². The normalized spacial score (nSPS) is 13.3. The number of nitrogens with zero attached hydrogens (tertiary/aromatic N) is 2. The lowest BCUT2D eigenvalue weighted by Gasteiger charge is -2.30. The lowest BCUT2D eigenvalue weighted by molar-refractivity contribution is -0.134. The SMILES string of the molecule is CC(C)=NN1Cc2c(Br)cccc2C(OCc2ccccc2)=C1C(=O)O. The van der Waals surface area contributed by atoms with Crippen LogP contribution in [0.15, 0.2) is 63.8 Å². The Kier molecular flexibility index (Phi) is 5.42. The molecule has 5 nitrogen and oxygen atoms in total. The maximum absolute atomic E-state index is 12.0. The molecule has 0 fully saturated rings. The van der Waals surface area contributed by atoms with Gasteiger partial charge in [-0.15, -0.1) is 0 Å². The molecule has 2 aromatic carbocycles. The summed E-state index contributed by atoms with van der Waals surface area (Å²) in [6.07, 6.45) is 0. The lowest BCUT2D eigenvalue weighted by atomic mass is 10.00. The number of carboxylic acids is 1. The first-order valence-electron chi connectivity index (χ1n) is 8.18. The third kappa shape index (κ3) is 3.80. The summed E-state index contributed by atoms with van der Waals surface area (Å²) in [6.45, 7) is 4.31. The van der Waals surface area contributed by atoms with Gasteiger partial charge in [0.15, 0.2) is 11.5 Å². The van der Waals surface area contributed by atoms with E-state index in [1.54, 1.807) is 0 Å². The van der Waals surface area contributed by atoms with Gasteiger partial charge < -0.3 is 9.84 Å². The van der Waals surface area contributed by atoms with Crippen LogP contribution in [-0.4, -0.2) is 21.8 Å². The Morgan fingerprint density at radius 3 is 2.58 bits per heavy atom. The molecule has 0 bridgehead atoms. The number of hydrogen-bond donors (Lipinski definition) is 1. The molecule has 134 valence electrons. The molecule has 1 aliphatic heterocycles. The summed E-state index contributed by atoms with van der Waals surface area (Å²) in [5, 5.41) is 15.7. The third-order valence-corrected chi connectivity index (χ3v) is 4.64. The summed E-state index contributed by atoms with van der Waals surface area (Å²) in [7, 11) is 0. The molecular weight excluding hydrogens is 396 g/mol. The molecule has 0 aromatic heterocycles. The van der Waals surface area contributed by atoms with E-state index in [0.29, 0.717) is 12.3 Å². The first kappa shape index (κ1) is 18.2. The lowest BCUT2D eigenvalue weighted by Crippen LogP contribution is -2.29. The van der Waals surface area contributed by atoms with Gasteiger partial charge >= 0.3 is 5.97 Å². The van der Waals surface area contributed by atoms with E-state index < -0.39 is 5.97 Å². The van der Waals surface area contributed by atoms with Crippen molar-refractivity contribution in [3.63, 3.8) is 0 Å². The second-order valence-corrected chi connectivity index (χ2v) is 6.98. The summed E-state index contributed by atoms with van der Waals surface area (Å²) in [6, 6.07) is 15.3. The minimum atomic E-state index is -1.07. The first-order valence-corrected chi connectivity index (χ1v) is 8.98. The standard InChI is InChI=1S/C20H19BrN2O3/c1-13(2)22-23-11-16-15(9-6-10-17(16)21)19(18(23)20(24)25)26-12-14-7-4-3-5-8-14/h3-10H,11-12H2,1-2H3,(H,24,25). The summed E-state index contributed by atoms with van der Waals surface area (Å²) in [4.78, 5) is 12.0. The van der Waals surface area contributed by atoms with Gasteiger partial charge in [-0.25, -0.2) is 4.79 Å².